The summed E-state index contributed by atoms with van der Waals surface area (Å²) in [6.07, 6.45) is 0. The second-order valence-electron chi connectivity index (χ2n) is 3.01. The van der Waals surface area contributed by atoms with Crippen LogP contribution in [0.3, 0.4) is 0 Å². The molecule has 0 fully saturated rings. The van der Waals surface area contributed by atoms with Crippen molar-refractivity contribution in [1.82, 2.24) is 0 Å². The monoisotopic (exact) mass is 329 g/mol. The zero-order valence-corrected chi connectivity index (χ0v) is 12.1. The molecule has 0 amide bonds. The Morgan fingerprint density at radius 1 is 1.40 bits per heavy atom. The van der Waals surface area contributed by atoms with E-state index in [1.165, 1.54) is 5.30 Å². The third kappa shape index (κ3) is 3.70. The second-order valence-corrected chi connectivity index (χ2v) is 7.64. The van der Waals surface area contributed by atoms with Crippen molar-refractivity contribution in [2.75, 3.05) is 12.6 Å². The molecule has 0 bridgehead atoms. The van der Waals surface area contributed by atoms with Crippen LogP contribution in [-0.2, 0) is 19.5 Å². The van der Waals surface area contributed by atoms with E-state index in [0.29, 0.717) is 0 Å². The molecule has 0 saturated carbocycles. The van der Waals surface area contributed by atoms with Crippen LogP contribution in [0, 0.1) is 13.5 Å². The van der Waals surface area contributed by atoms with Gasteiger partial charge < -0.3 is 7.43 Å². The van der Waals surface area contributed by atoms with Crippen molar-refractivity contribution in [2.24, 2.45) is 0 Å². The maximum atomic E-state index is 13.1. The van der Waals surface area contributed by atoms with Crippen molar-refractivity contribution < 1.29 is 23.9 Å². The number of rotatable bonds is 1. The Morgan fingerprint density at radius 2 is 2.13 bits per heavy atom. The van der Waals surface area contributed by atoms with Gasteiger partial charge in [-0.2, -0.15) is 30.3 Å². The summed E-state index contributed by atoms with van der Waals surface area (Å²) in [5, 5.41) is 1.18. The van der Waals surface area contributed by atoms with Gasteiger partial charge in [0.2, 0.25) is 0 Å². The third-order valence-electron chi connectivity index (χ3n) is 1.99. The van der Waals surface area contributed by atoms with Gasteiger partial charge in [-0.1, -0.05) is 7.92 Å². The molecule has 0 aromatic heterocycles. The molecule has 2 unspecified atom stereocenters. The standard InChI is InChI=1S/C10H10FP2.CH3.Rh/c1-12-8-13(7-10(12)11)9-5-3-2-4-6-9;;/h2-5,7H,8H2,1H3;1H3;/q2*-1;+2. The van der Waals surface area contributed by atoms with Crippen LogP contribution < -0.4 is 5.30 Å². The Labute approximate surface area is 107 Å². The van der Waals surface area contributed by atoms with E-state index in [0.717, 1.165) is 5.90 Å². The number of halogens is 1. The summed E-state index contributed by atoms with van der Waals surface area (Å²) in [5.74, 6) is 2.82. The zero-order chi connectivity index (χ0) is 9.26. The van der Waals surface area contributed by atoms with Gasteiger partial charge in [0.05, 0.1) is 0 Å². The Bertz CT molecular complexity index is 327. The van der Waals surface area contributed by atoms with Crippen LogP contribution >= 0.6 is 15.8 Å². The molecule has 1 heterocycles. The number of hydrogen-bond acceptors (Lipinski definition) is 0. The van der Waals surface area contributed by atoms with Crippen molar-refractivity contribution >= 4 is 21.1 Å². The molecule has 2 rings (SSSR count). The molecule has 2 atom stereocenters. The molecule has 1 aromatic rings. The summed E-state index contributed by atoms with van der Waals surface area (Å²) in [6, 6.07) is 11.1. The fourth-order valence-electron chi connectivity index (χ4n) is 1.27. The van der Waals surface area contributed by atoms with Gasteiger partial charge >= 0.3 is 19.5 Å². The molecule has 0 saturated heterocycles. The summed E-state index contributed by atoms with van der Waals surface area (Å²) in [7, 11) is -0.869. The van der Waals surface area contributed by atoms with Crippen LogP contribution in [0.5, 0.6) is 0 Å². The van der Waals surface area contributed by atoms with Gasteiger partial charge in [0.15, 0.2) is 0 Å². The number of hydrogen-bond donors (Lipinski definition) is 0. The Kier molecular flexibility index (Phi) is 7.02. The molecule has 0 spiro atoms. The quantitative estimate of drug-likeness (QED) is 0.417. The summed E-state index contributed by atoms with van der Waals surface area (Å²) in [6.45, 7) is 2.01. The Hall–Kier alpha value is 0.373. The molecule has 4 heteroatoms. The van der Waals surface area contributed by atoms with E-state index >= 15 is 0 Å². The first-order chi connectivity index (χ1) is 6.27. The molecule has 0 nitrogen and oxygen atoms in total. The normalized spacial score (nSPS) is 23.7. The second kappa shape index (κ2) is 6.85. The van der Waals surface area contributed by atoms with Gasteiger partial charge in [-0.3, -0.25) is 0 Å². The van der Waals surface area contributed by atoms with E-state index in [1.54, 1.807) is 0 Å². The molecule has 15 heavy (non-hydrogen) atoms. The number of benzene rings is 1. The molecule has 0 aliphatic carbocycles. The maximum Gasteiger partial charge on any atom is 2.00 e. The molecule has 1 aliphatic heterocycles. The fraction of sp³-hybridized carbons (Fsp3) is 0.182. The summed E-state index contributed by atoms with van der Waals surface area (Å²) in [4.78, 5) is 0. The molecule has 1 radical (unpaired) electrons. The SMILES string of the molecule is CP1CP(c2[c-]cccc2)C=C1F.[CH3-].[Rh+2]. The molecule has 1 aromatic carbocycles. The first kappa shape index (κ1) is 15.4. The molecule has 83 valence electrons. The molecular formula is C11H13FP2Rh. The summed E-state index contributed by atoms with van der Waals surface area (Å²) in [5.41, 5.74) is 0.123. The first-order valence-electron chi connectivity index (χ1n) is 4.09. The van der Waals surface area contributed by atoms with Crippen LogP contribution in [0.1, 0.15) is 0 Å². The predicted octanol–water partition coefficient (Wildman–Crippen LogP) is 3.89. The van der Waals surface area contributed by atoms with E-state index in [-0.39, 0.29) is 40.4 Å². The van der Waals surface area contributed by atoms with E-state index < -0.39 is 7.92 Å². The van der Waals surface area contributed by atoms with Crippen LogP contribution in [0.25, 0.3) is 0 Å². The van der Waals surface area contributed by atoms with Gasteiger partial charge in [-0.15, -0.1) is 5.30 Å². The minimum absolute atomic E-state index is 0. The van der Waals surface area contributed by atoms with Gasteiger partial charge in [0, 0.05) is 0 Å². The van der Waals surface area contributed by atoms with Crippen LogP contribution in [-0.4, -0.2) is 12.6 Å². The molecular weight excluding hydrogens is 316 g/mol. The largest absolute Gasteiger partial charge is 2.00 e. The van der Waals surface area contributed by atoms with Crippen molar-refractivity contribution in [3.05, 3.63) is 49.1 Å². The van der Waals surface area contributed by atoms with E-state index in [1.807, 2.05) is 36.7 Å². The molecule has 0 N–H and O–H groups in total. The van der Waals surface area contributed by atoms with Crippen LogP contribution in [0.2, 0.25) is 0 Å². The topological polar surface area (TPSA) is 0 Å². The van der Waals surface area contributed by atoms with E-state index in [2.05, 4.69) is 6.07 Å². The van der Waals surface area contributed by atoms with Gasteiger partial charge in [0.25, 0.3) is 0 Å². The van der Waals surface area contributed by atoms with E-state index in [4.69, 9.17) is 0 Å². The zero-order valence-electron chi connectivity index (χ0n) is 8.70. The van der Waals surface area contributed by atoms with Gasteiger partial charge in [0.1, 0.15) is 5.57 Å². The Morgan fingerprint density at radius 3 is 2.60 bits per heavy atom. The summed E-state index contributed by atoms with van der Waals surface area (Å²) < 4.78 is 13.1. The van der Waals surface area contributed by atoms with Crippen molar-refractivity contribution in [3.63, 3.8) is 0 Å². The smallest absolute Gasteiger partial charge is 0.358 e. The van der Waals surface area contributed by atoms with Crippen LogP contribution in [0.4, 0.5) is 4.39 Å². The van der Waals surface area contributed by atoms with Gasteiger partial charge in [-0.05, 0) is 26.3 Å². The third-order valence-corrected chi connectivity index (χ3v) is 7.41. The Balaban J connectivity index is 0.000000980. The summed E-state index contributed by atoms with van der Waals surface area (Å²) >= 11 is 0. The van der Waals surface area contributed by atoms with Crippen molar-refractivity contribution in [2.45, 2.75) is 0 Å². The minimum Gasteiger partial charge on any atom is -0.358 e. The maximum absolute atomic E-state index is 13.1. The van der Waals surface area contributed by atoms with Crippen molar-refractivity contribution in [1.29, 1.82) is 0 Å². The average Bonchev–Trinajstić information content (AvgIpc) is 2.49. The van der Waals surface area contributed by atoms with E-state index in [9.17, 15) is 4.39 Å². The first-order valence-corrected chi connectivity index (χ1v) is 7.66. The average molecular weight is 329 g/mol. The van der Waals surface area contributed by atoms with Crippen LogP contribution in [0.15, 0.2) is 35.7 Å². The predicted molar refractivity (Wildman–Crippen MR) is 65.1 cm³/mol. The molecule has 1 aliphatic rings. The minimum atomic E-state index is -0.486. The fourth-order valence-corrected chi connectivity index (χ4v) is 6.70. The van der Waals surface area contributed by atoms with Gasteiger partial charge in [-0.25, -0.2) is 4.39 Å². The van der Waals surface area contributed by atoms with Crippen molar-refractivity contribution in [3.8, 4) is 0 Å².